The summed E-state index contributed by atoms with van der Waals surface area (Å²) in [6, 6.07) is 7.46. The molecule has 0 radical (unpaired) electrons. The molecule has 7 nitrogen and oxygen atoms in total. The second kappa shape index (κ2) is 7.46. The van der Waals surface area contributed by atoms with Crippen molar-refractivity contribution in [2.75, 3.05) is 19.7 Å². The Morgan fingerprint density at radius 3 is 3.08 bits per heavy atom. The molecule has 128 valence electrons. The number of carbonyl (C=O) groups is 1. The molecular formula is C17H22N4O3. The van der Waals surface area contributed by atoms with Crippen molar-refractivity contribution in [2.24, 2.45) is 7.05 Å². The van der Waals surface area contributed by atoms with Crippen LogP contribution in [0.25, 0.3) is 11.1 Å². The molecule has 7 heteroatoms. The van der Waals surface area contributed by atoms with Crippen LogP contribution in [-0.4, -0.2) is 52.6 Å². The van der Waals surface area contributed by atoms with Crippen LogP contribution >= 0.6 is 0 Å². The molecule has 3 N–H and O–H groups in total. The first-order valence-electron chi connectivity index (χ1n) is 8.03. The van der Waals surface area contributed by atoms with Crippen LogP contribution in [0.4, 0.5) is 0 Å². The summed E-state index contributed by atoms with van der Waals surface area (Å²) < 4.78 is 7.45. The van der Waals surface area contributed by atoms with Gasteiger partial charge >= 0.3 is 0 Å². The minimum absolute atomic E-state index is 0.0979. The molecule has 0 spiro atoms. The van der Waals surface area contributed by atoms with Gasteiger partial charge in [-0.2, -0.15) is 5.10 Å². The normalized spacial score (nSPS) is 20.1. The summed E-state index contributed by atoms with van der Waals surface area (Å²) in [4.78, 5) is 11.9. The fourth-order valence-corrected chi connectivity index (χ4v) is 2.72. The van der Waals surface area contributed by atoms with E-state index in [0.29, 0.717) is 26.1 Å². The molecule has 2 unspecified atom stereocenters. The van der Waals surface area contributed by atoms with Crippen molar-refractivity contribution in [3.63, 3.8) is 0 Å². The van der Waals surface area contributed by atoms with E-state index in [1.165, 1.54) is 0 Å². The Bertz CT molecular complexity index is 701. The lowest BCUT2D eigenvalue weighted by Crippen LogP contribution is -2.41. The zero-order chi connectivity index (χ0) is 16.9. The van der Waals surface area contributed by atoms with E-state index >= 15 is 0 Å². The first-order chi connectivity index (χ1) is 11.6. The molecule has 1 aliphatic rings. The maximum atomic E-state index is 11.9. The van der Waals surface area contributed by atoms with Gasteiger partial charge in [-0.3, -0.25) is 9.48 Å². The minimum Gasteiger partial charge on any atom is -0.492 e. The van der Waals surface area contributed by atoms with Gasteiger partial charge in [-0.05, 0) is 24.1 Å². The van der Waals surface area contributed by atoms with Crippen molar-refractivity contribution in [2.45, 2.75) is 18.6 Å². The number of ether oxygens (including phenoxy) is 1. The van der Waals surface area contributed by atoms with Crippen LogP contribution in [0, 0.1) is 0 Å². The number of nitrogens with one attached hydrogen (secondary N) is 2. The molecular weight excluding hydrogens is 308 g/mol. The van der Waals surface area contributed by atoms with Crippen LogP contribution in [0.1, 0.15) is 6.42 Å². The summed E-state index contributed by atoms with van der Waals surface area (Å²) in [6.07, 6.45) is 3.78. The number of aryl methyl sites for hydroxylation is 1. The summed E-state index contributed by atoms with van der Waals surface area (Å²) in [7, 11) is 1.88. The van der Waals surface area contributed by atoms with Crippen LogP contribution in [0.3, 0.4) is 0 Å². The summed E-state index contributed by atoms with van der Waals surface area (Å²) in [6.45, 7) is 1.28. The summed E-state index contributed by atoms with van der Waals surface area (Å²) in [5, 5.41) is 19.4. The van der Waals surface area contributed by atoms with E-state index < -0.39 is 6.10 Å². The van der Waals surface area contributed by atoms with Gasteiger partial charge < -0.3 is 20.5 Å². The lowest BCUT2D eigenvalue weighted by Gasteiger charge is -2.12. The molecule has 2 heterocycles. The zero-order valence-electron chi connectivity index (χ0n) is 13.6. The molecule has 0 bridgehead atoms. The molecule has 24 heavy (non-hydrogen) atoms. The highest BCUT2D eigenvalue weighted by molar-refractivity contribution is 5.82. The Morgan fingerprint density at radius 2 is 2.38 bits per heavy atom. The van der Waals surface area contributed by atoms with Gasteiger partial charge in [-0.15, -0.1) is 0 Å². The van der Waals surface area contributed by atoms with Crippen LogP contribution in [-0.2, 0) is 11.8 Å². The topological polar surface area (TPSA) is 88.4 Å². The maximum Gasteiger partial charge on any atom is 0.237 e. The molecule has 1 aliphatic heterocycles. The highest BCUT2D eigenvalue weighted by Crippen LogP contribution is 2.23. The quantitative estimate of drug-likeness (QED) is 0.663. The highest BCUT2D eigenvalue weighted by atomic mass is 16.5. The summed E-state index contributed by atoms with van der Waals surface area (Å²) in [5.74, 6) is 0.652. The number of hydrogen-bond donors (Lipinski definition) is 3. The number of hydrogen-bond acceptors (Lipinski definition) is 5. The first-order valence-corrected chi connectivity index (χ1v) is 8.03. The number of amides is 1. The lowest BCUT2D eigenvalue weighted by atomic mass is 10.1. The van der Waals surface area contributed by atoms with Gasteiger partial charge in [0.25, 0.3) is 0 Å². The van der Waals surface area contributed by atoms with Crippen LogP contribution in [0.5, 0.6) is 5.75 Å². The number of benzene rings is 1. The Morgan fingerprint density at radius 1 is 1.50 bits per heavy atom. The van der Waals surface area contributed by atoms with Gasteiger partial charge in [0.15, 0.2) is 0 Å². The highest BCUT2D eigenvalue weighted by Gasteiger charge is 2.27. The van der Waals surface area contributed by atoms with Gasteiger partial charge in [-0.1, -0.05) is 12.1 Å². The van der Waals surface area contributed by atoms with E-state index in [1.54, 1.807) is 4.68 Å². The van der Waals surface area contributed by atoms with Gasteiger partial charge in [-0.25, -0.2) is 0 Å². The molecule has 0 aliphatic carbocycles. The predicted molar refractivity (Wildman–Crippen MR) is 89.6 cm³/mol. The van der Waals surface area contributed by atoms with Crippen molar-refractivity contribution in [1.29, 1.82) is 0 Å². The Kier molecular flexibility index (Phi) is 5.12. The molecule has 2 atom stereocenters. The molecule has 1 fully saturated rings. The number of β-amino-alcohol motifs (C(OH)–C–C–N with tert-alkyl or cyclic N) is 1. The molecule has 2 aromatic rings. The van der Waals surface area contributed by atoms with Crippen molar-refractivity contribution in [3.8, 4) is 16.9 Å². The first kappa shape index (κ1) is 16.5. The van der Waals surface area contributed by atoms with Gasteiger partial charge in [0.1, 0.15) is 12.4 Å². The smallest absolute Gasteiger partial charge is 0.237 e. The van der Waals surface area contributed by atoms with E-state index in [0.717, 1.165) is 16.9 Å². The number of aliphatic hydroxyl groups is 1. The van der Waals surface area contributed by atoms with E-state index in [9.17, 15) is 9.90 Å². The predicted octanol–water partition coefficient (Wildman–Crippen LogP) is 0.305. The third-order valence-corrected chi connectivity index (χ3v) is 3.97. The number of rotatable bonds is 6. The Hall–Kier alpha value is -2.38. The number of carbonyl (C=O) groups excluding carboxylic acids is 1. The molecule has 3 rings (SSSR count). The number of aromatic nitrogens is 2. The van der Waals surface area contributed by atoms with E-state index in [-0.39, 0.29) is 11.9 Å². The van der Waals surface area contributed by atoms with Crippen molar-refractivity contribution >= 4 is 5.91 Å². The number of aliphatic hydroxyl groups excluding tert-OH is 1. The Labute approximate surface area is 140 Å². The standard InChI is InChI=1S/C17H22N4O3/c1-21-11-13(9-20-21)12-3-2-4-15(7-12)24-6-5-18-17(23)16-8-14(22)10-19-16/h2-4,7,9,11,14,16,19,22H,5-6,8,10H2,1H3,(H,18,23). The Balaban J connectivity index is 1.46. The SMILES string of the molecule is Cn1cc(-c2cccc(OCCNC(=O)C3CC(O)CN3)c2)cn1. The van der Waals surface area contributed by atoms with E-state index in [4.69, 9.17) is 4.74 Å². The molecule has 1 saturated heterocycles. The van der Waals surface area contributed by atoms with Gasteiger partial charge in [0, 0.05) is 25.4 Å². The third kappa shape index (κ3) is 4.12. The average Bonchev–Trinajstić information content (AvgIpc) is 3.20. The second-order valence-electron chi connectivity index (χ2n) is 5.92. The third-order valence-electron chi connectivity index (χ3n) is 3.97. The molecule has 1 aromatic carbocycles. The molecule has 1 amide bonds. The van der Waals surface area contributed by atoms with E-state index in [1.807, 2.05) is 43.7 Å². The molecule has 1 aromatic heterocycles. The van der Waals surface area contributed by atoms with Crippen molar-refractivity contribution in [1.82, 2.24) is 20.4 Å². The van der Waals surface area contributed by atoms with Crippen molar-refractivity contribution in [3.05, 3.63) is 36.7 Å². The monoisotopic (exact) mass is 330 g/mol. The fourth-order valence-electron chi connectivity index (χ4n) is 2.72. The fraction of sp³-hybridized carbons (Fsp3) is 0.412. The summed E-state index contributed by atoms with van der Waals surface area (Å²) >= 11 is 0. The average molecular weight is 330 g/mol. The lowest BCUT2D eigenvalue weighted by molar-refractivity contribution is -0.123. The number of nitrogens with zero attached hydrogens (tertiary/aromatic N) is 2. The molecule has 0 saturated carbocycles. The maximum absolute atomic E-state index is 11.9. The van der Waals surface area contributed by atoms with Crippen LogP contribution in [0.2, 0.25) is 0 Å². The van der Waals surface area contributed by atoms with Gasteiger partial charge in [0.05, 0.1) is 24.9 Å². The van der Waals surface area contributed by atoms with Crippen LogP contribution in [0.15, 0.2) is 36.7 Å². The van der Waals surface area contributed by atoms with Crippen molar-refractivity contribution < 1.29 is 14.6 Å². The van der Waals surface area contributed by atoms with Gasteiger partial charge in [0.2, 0.25) is 5.91 Å². The second-order valence-corrected chi connectivity index (χ2v) is 5.92. The van der Waals surface area contributed by atoms with E-state index in [2.05, 4.69) is 15.7 Å². The summed E-state index contributed by atoms with van der Waals surface area (Å²) in [5.41, 5.74) is 2.07. The zero-order valence-corrected chi connectivity index (χ0v) is 13.6. The largest absolute Gasteiger partial charge is 0.492 e. The minimum atomic E-state index is -0.438. The van der Waals surface area contributed by atoms with Crippen LogP contribution < -0.4 is 15.4 Å².